The second-order valence-electron chi connectivity index (χ2n) is 3.52. The average molecular weight is 288 g/mol. The van der Waals surface area contributed by atoms with Crippen LogP contribution in [0.2, 0.25) is 15.1 Å². The van der Waals surface area contributed by atoms with E-state index in [1.165, 1.54) is 0 Å². The average Bonchev–Trinajstić information content (AvgIpc) is 2.32. The van der Waals surface area contributed by atoms with Gasteiger partial charge in [-0.25, -0.2) is 0 Å². The number of benzene rings is 1. The molecule has 1 unspecified atom stereocenters. The lowest BCUT2D eigenvalue weighted by Crippen LogP contribution is -2.14. The van der Waals surface area contributed by atoms with E-state index in [-0.39, 0.29) is 0 Å². The highest BCUT2D eigenvalue weighted by Crippen LogP contribution is 2.29. The monoisotopic (exact) mass is 286 g/mol. The van der Waals surface area contributed by atoms with Gasteiger partial charge in [0.2, 0.25) is 0 Å². The van der Waals surface area contributed by atoms with E-state index in [4.69, 9.17) is 40.5 Å². The smallest absolute Gasteiger partial charge is 0.0802 e. The molecule has 0 fully saturated rings. The molecule has 0 spiro atoms. The van der Waals surface area contributed by atoms with Gasteiger partial charge in [0.05, 0.1) is 26.8 Å². The van der Waals surface area contributed by atoms with Crippen LogP contribution < -0.4 is 5.73 Å². The van der Waals surface area contributed by atoms with Gasteiger partial charge in [-0.15, -0.1) is 0 Å². The summed E-state index contributed by atoms with van der Waals surface area (Å²) in [5.74, 6) is 0. The minimum Gasteiger partial charge on any atom is -0.319 e. The summed E-state index contributed by atoms with van der Waals surface area (Å²) in [6.45, 7) is 0. The number of hydrogen-bond acceptors (Lipinski definition) is 2. The van der Waals surface area contributed by atoms with Crippen LogP contribution >= 0.6 is 34.8 Å². The SMILES string of the molecule is NC(c1ccc(Cl)c(Cl)c1)c1ncccc1Cl. The predicted octanol–water partition coefficient (Wildman–Crippen LogP) is 4.09. The Balaban J connectivity index is 2.40. The van der Waals surface area contributed by atoms with Crippen molar-refractivity contribution in [1.82, 2.24) is 4.98 Å². The van der Waals surface area contributed by atoms with Gasteiger partial charge in [0, 0.05) is 6.20 Å². The van der Waals surface area contributed by atoms with Crippen molar-refractivity contribution in [2.45, 2.75) is 6.04 Å². The van der Waals surface area contributed by atoms with E-state index in [0.717, 1.165) is 5.56 Å². The lowest BCUT2D eigenvalue weighted by atomic mass is 10.0. The third-order valence-electron chi connectivity index (χ3n) is 2.38. The molecule has 0 aliphatic heterocycles. The van der Waals surface area contributed by atoms with Crippen LogP contribution in [-0.2, 0) is 0 Å². The molecule has 5 heteroatoms. The Morgan fingerprint density at radius 3 is 2.41 bits per heavy atom. The standard InChI is InChI=1S/C12H9Cl3N2/c13-8-4-3-7(6-10(8)15)11(16)12-9(14)2-1-5-17-12/h1-6,11H,16H2. The second-order valence-corrected chi connectivity index (χ2v) is 4.74. The zero-order chi connectivity index (χ0) is 12.4. The summed E-state index contributed by atoms with van der Waals surface area (Å²) < 4.78 is 0. The number of halogens is 3. The topological polar surface area (TPSA) is 38.9 Å². The van der Waals surface area contributed by atoms with Crippen LogP contribution in [0.4, 0.5) is 0 Å². The van der Waals surface area contributed by atoms with Gasteiger partial charge in [-0.1, -0.05) is 40.9 Å². The van der Waals surface area contributed by atoms with Crippen molar-refractivity contribution in [2.75, 3.05) is 0 Å². The van der Waals surface area contributed by atoms with E-state index in [9.17, 15) is 0 Å². The zero-order valence-electron chi connectivity index (χ0n) is 8.70. The third kappa shape index (κ3) is 2.72. The van der Waals surface area contributed by atoms with Gasteiger partial charge in [-0.3, -0.25) is 4.98 Å². The molecule has 0 saturated heterocycles. The van der Waals surface area contributed by atoms with E-state index < -0.39 is 6.04 Å². The molecule has 17 heavy (non-hydrogen) atoms. The van der Waals surface area contributed by atoms with Crippen molar-refractivity contribution in [3.63, 3.8) is 0 Å². The molecule has 2 aromatic rings. The summed E-state index contributed by atoms with van der Waals surface area (Å²) in [7, 11) is 0. The molecule has 2 nitrogen and oxygen atoms in total. The Bertz CT molecular complexity index is 543. The fraction of sp³-hybridized carbons (Fsp3) is 0.0833. The largest absolute Gasteiger partial charge is 0.319 e. The summed E-state index contributed by atoms with van der Waals surface area (Å²) in [5, 5.41) is 1.49. The molecule has 1 atom stereocenters. The first-order chi connectivity index (χ1) is 8.09. The Kier molecular flexibility index (Phi) is 3.89. The van der Waals surface area contributed by atoms with Crippen LogP contribution in [0, 0.1) is 0 Å². The fourth-order valence-corrected chi connectivity index (χ4v) is 2.04. The molecule has 1 aromatic heterocycles. The predicted molar refractivity (Wildman–Crippen MR) is 71.7 cm³/mol. The van der Waals surface area contributed by atoms with Crippen LogP contribution in [0.15, 0.2) is 36.5 Å². The molecule has 0 radical (unpaired) electrons. The minimum atomic E-state index is -0.418. The normalized spacial score (nSPS) is 12.5. The van der Waals surface area contributed by atoms with Gasteiger partial charge in [-0.05, 0) is 29.8 Å². The summed E-state index contributed by atoms with van der Waals surface area (Å²) >= 11 is 17.8. The highest BCUT2D eigenvalue weighted by atomic mass is 35.5. The molecule has 1 aromatic carbocycles. The quantitative estimate of drug-likeness (QED) is 0.903. The summed E-state index contributed by atoms with van der Waals surface area (Å²) in [5.41, 5.74) is 7.52. The Morgan fingerprint density at radius 2 is 1.76 bits per heavy atom. The minimum absolute atomic E-state index is 0.418. The van der Waals surface area contributed by atoms with E-state index in [1.54, 1.807) is 30.5 Å². The third-order valence-corrected chi connectivity index (χ3v) is 3.44. The molecule has 0 aliphatic carbocycles. The number of nitrogens with zero attached hydrogens (tertiary/aromatic N) is 1. The molecular formula is C12H9Cl3N2. The van der Waals surface area contributed by atoms with Gasteiger partial charge in [0.1, 0.15) is 0 Å². The van der Waals surface area contributed by atoms with Crippen LogP contribution in [-0.4, -0.2) is 4.98 Å². The van der Waals surface area contributed by atoms with Crippen molar-refractivity contribution in [1.29, 1.82) is 0 Å². The van der Waals surface area contributed by atoms with Crippen molar-refractivity contribution in [2.24, 2.45) is 5.73 Å². The number of hydrogen-bond donors (Lipinski definition) is 1. The Morgan fingerprint density at radius 1 is 1.00 bits per heavy atom. The first-order valence-electron chi connectivity index (χ1n) is 4.90. The van der Waals surface area contributed by atoms with E-state index in [1.807, 2.05) is 6.07 Å². The summed E-state index contributed by atoms with van der Waals surface area (Å²) in [4.78, 5) is 4.17. The highest BCUT2D eigenvalue weighted by molar-refractivity contribution is 6.42. The zero-order valence-corrected chi connectivity index (χ0v) is 11.0. The number of pyridine rings is 1. The molecule has 88 valence electrons. The van der Waals surface area contributed by atoms with Gasteiger partial charge in [0.15, 0.2) is 0 Å². The van der Waals surface area contributed by atoms with Gasteiger partial charge in [-0.2, -0.15) is 0 Å². The first-order valence-corrected chi connectivity index (χ1v) is 6.04. The number of aromatic nitrogens is 1. The summed E-state index contributed by atoms with van der Waals surface area (Å²) in [6, 6.07) is 8.33. The molecule has 0 amide bonds. The van der Waals surface area contributed by atoms with Crippen LogP contribution in [0.25, 0.3) is 0 Å². The summed E-state index contributed by atoms with van der Waals surface area (Å²) in [6.07, 6.45) is 1.65. The van der Waals surface area contributed by atoms with E-state index in [0.29, 0.717) is 20.8 Å². The molecule has 0 saturated carbocycles. The number of nitrogens with two attached hydrogens (primary N) is 1. The van der Waals surface area contributed by atoms with Crippen LogP contribution in [0.5, 0.6) is 0 Å². The van der Waals surface area contributed by atoms with Gasteiger partial charge >= 0.3 is 0 Å². The van der Waals surface area contributed by atoms with Gasteiger partial charge in [0.25, 0.3) is 0 Å². The van der Waals surface area contributed by atoms with E-state index in [2.05, 4.69) is 4.98 Å². The number of rotatable bonds is 2. The molecule has 1 heterocycles. The molecular weight excluding hydrogens is 279 g/mol. The Labute approximate surface area is 114 Å². The van der Waals surface area contributed by atoms with Crippen molar-refractivity contribution in [3.05, 3.63) is 62.9 Å². The molecule has 2 rings (SSSR count). The van der Waals surface area contributed by atoms with Crippen molar-refractivity contribution in [3.8, 4) is 0 Å². The van der Waals surface area contributed by atoms with Crippen LogP contribution in [0.3, 0.4) is 0 Å². The maximum atomic E-state index is 6.09. The maximum absolute atomic E-state index is 6.09. The van der Waals surface area contributed by atoms with E-state index >= 15 is 0 Å². The van der Waals surface area contributed by atoms with Crippen molar-refractivity contribution >= 4 is 34.8 Å². The lowest BCUT2D eigenvalue weighted by molar-refractivity contribution is 0.829. The first kappa shape index (κ1) is 12.7. The Hall–Kier alpha value is -0.800. The van der Waals surface area contributed by atoms with Gasteiger partial charge < -0.3 is 5.73 Å². The lowest BCUT2D eigenvalue weighted by Gasteiger charge is -2.13. The second kappa shape index (κ2) is 5.23. The maximum Gasteiger partial charge on any atom is 0.0802 e. The molecule has 0 aliphatic rings. The fourth-order valence-electron chi connectivity index (χ4n) is 1.49. The molecule has 2 N–H and O–H groups in total. The highest BCUT2D eigenvalue weighted by Gasteiger charge is 2.14. The molecule has 0 bridgehead atoms. The van der Waals surface area contributed by atoms with Crippen LogP contribution in [0.1, 0.15) is 17.3 Å². The van der Waals surface area contributed by atoms with Crippen molar-refractivity contribution < 1.29 is 0 Å².